The Balaban J connectivity index is 1.91. The summed E-state index contributed by atoms with van der Waals surface area (Å²) in [6.07, 6.45) is 1.21. The molecule has 0 saturated heterocycles. The number of benzene rings is 2. The smallest absolute Gasteiger partial charge is 0.232 e. The highest BCUT2D eigenvalue weighted by molar-refractivity contribution is 9.10. The van der Waals surface area contributed by atoms with Crippen LogP contribution in [0.5, 0.6) is 0 Å². The van der Waals surface area contributed by atoms with Crippen LogP contribution in [0.2, 0.25) is 0 Å². The van der Waals surface area contributed by atoms with Crippen molar-refractivity contribution in [2.45, 2.75) is 39.0 Å². The molecule has 1 aliphatic heterocycles. The predicted molar refractivity (Wildman–Crippen MR) is 110 cm³/mol. The number of hydrogen-bond donors (Lipinski definition) is 0. The second-order valence-electron chi connectivity index (χ2n) is 8.32. The second-order valence-corrected chi connectivity index (χ2v) is 9.24. The van der Waals surface area contributed by atoms with Crippen LogP contribution in [0.3, 0.4) is 0 Å². The highest BCUT2D eigenvalue weighted by Gasteiger charge is 2.44. The fraction of sp³-hybridized carbons (Fsp3) is 0.304. The van der Waals surface area contributed by atoms with Gasteiger partial charge in [-0.05, 0) is 47.7 Å². The third-order valence-corrected chi connectivity index (χ3v) is 5.95. The van der Waals surface area contributed by atoms with Gasteiger partial charge in [-0.1, -0.05) is 48.0 Å². The van der Waals surface area contributed by atoms with Crippen LogP contribution >= 0.6 is 15.9 Å². The molecule has 0 bridgehead atoms. The lowest BCUT2D eigenvalue weighted by molar-refractivity contribution is -0.121. The number of allylic oxidation sites excluding steroid dienone is 2. The van der Waals surface area contributed by atoms with Gasteiger partial charge in [0.05, 0.1) is 0 Å². The number of carbonyl (C=O) groups is 2. The lowest BCUT2D eigenvalue weighted by Gasteiger charge is -2.43. The van der Waals surface area contributed by atoms with Gasteiger partial charge in [-0.3, -0.25) is 14.5 Å². The minimum atomic E-state index is -0.398. The SMILES string of the molecule is CC1(C)CC(=O)C2=C(C1)N(c1cccc(Br)c1)C(=O)CC2c1cccc(F)c1. The normalized spacial score (nSPS) is 21.7. The van der Waals surface area contributed by atoms with Crippen LogP contribution in [0.1, 0.15) is 44.6 Å². The van der Waals surface area contributed by atoms with E-state index in [0.29, 0.717) is 24.0 Å². The molecule has 3 nitrogen and oxygen atoms in total. The highest BCUT2D eigenvalue weighted by Crippen LogP contribution is 2.48. The monoisotopic (exact) mass is 441 g/mol. The van der Waals surface area contributed by atoms with E-state index < -0.39 is 5.92 Å². The Labute approximate surface area is 172 Å². The molecule has 2 aliphatic rings. The van der Waals surface area contributed by atoms with E-state index in [9.17, 15) is 14.0 Å². The van der Waals surface area contributed by atoms with Crippen LogP contribution in [-0.4, -0.2) is 11.7 Å². The minimum Gasteiger partial charge on any atom is -0.294 e. The van der Waals surface area contributed by atoms with Gasteiger partial charge in [0.2, 0.25) is 5.91 Å². The highest BCUT2D eigenvalue weighted by atomic mass is 79.9. The second kappa shape index (κ2) is 6.96. The fourth-order valence-corrected chi connectivity index (χ4v) is 4.73. The molecule has 2 aromatic carbocycles. The van der Waals surface area contributed by atoms with Crippen molar-refractivity contribution in [2.75, 3.05) is 4.90 Å². The lowest BCUT2D eigenvalue weighted by Crippen LogP contribution is -2.43. The molecule has 144 valence electrons. The molecule has 28 heavy (non-hydrogen) atoms. The summed E-state index contributed by atoms with van der Waals surface area (Å²) in [5.41, 5.74) is 2.61. The zero-order valence-corrected chi connectivity index (χ0v) is 17.4. The summed E-state index contributed by atoms with van der Waals surface area (Å²) < 4.78 is 14.7. The number of Topliss-reactive ketones (excluding diaryl/α,β-unsaturated/α-hetero) is 1. The standard InChI is InChI=1S/C23H21BrFNO2/c1-23(2)12-19-22(20(27)13-23)18(14-5-3-7-16(25)9-14)11-21(28)26(19)17-8-4-6-15(24)10-17/h3-10,18H,11-13H2,1-2H3. The van der Waals surface area contributed by atoms with Gasteiger partial charge in [0.1, 0.15) is 5.82 Å². The molecule has 1 unspecified atom stereocenters. The van der Waals surface area contributed by atoms with Crippen LogP contribution in [0, 0.1) is 11.2 Å². The molecule has 1 atom stereocenters. The summed E-state index contributed by atoms with van der Waals surface area (Å²) in [7, 11) is 0. The van der Waals surface area contributed by atoms with Gasteiger partial charge in [0.15, 0.2) is 5.78 Å². The molecule has 0 fully saturated rings. The number of carbonyl (C=O) groups excluding carboxylic acids is 2. The Morgan fingerprint density at radius 1 is 1.07 bits per heavy atom. The summed E-state index contributed by atoms with van der Waals surface area (Å²) in [4.78, 5) is 28.1. The zero-order chi connectivity index (χ0) is 20.1. The first-order chi connectivity index (χ1) is 13.2. The Kier molecular flexibility index (Phi) is 4.74. The average molecular weight is 442 g/mol. The van der Waals surface area contributed by atoms with Gasteiger partial charge < -0.3 is 0 Å². The lowest BCUT2D eigenvalue weighted by atomic mass is 9.69. The predicted octanol–water partition coefficient (Wildman–Crippen LogP) is 5.75. The van der Waals surface area contributed by atoms with Crippen LogP contribution < -0.4 is 4.90 Å². The van der Waals surface area contributed by atoms with E-state index in [1.54, 1.807) is 17.0 Å². The van der Waals surface area contributed by atoms with Crippen LogP contribution in [0.4, 0.5) is 10.1 Å². The van der Waals surface area contributed by atoms with Crippen LogP contribution in [0.15, 0.2) is 64.3 Å². The van der Waals surface area contributed by atoms with Crippen molar-refractivity contribution < 1.29 is 14.0 Å². The van der Waals surface area contributed by atoms with E-state index in [2.05, 4.69) is 15.9 Å². The Morgan fingerprint density at radius 2 is 1.82 bits per heavy atom. The van der Waals surface area contributed by atoms with E-state index in [4.69, 9.17) is 0 Å². The number of ketones is 1. The fourth-order valence-electron chi connectivity index (χ4n) is 4.34. The Bertz CT molecular complexity index is 1010. The summed E-state index contributed by atoms with van der Waals surface area (Å²) in [5.74, 6) is -0.778. The van der Waals surface area contributed by atoms with Crippen molar-refractivity contribution in [3.8, 4) is 0 Å². The number of halogens is 2. The molecule has 0 N–H and O–H groups in total. The van der Waals surface area contributed by atoms with Gasteiger partial charge in [0.25, 0.3) is 0 Å². The maximum atomic E-state index is 13.8. The van der Waals surface area contributed by atoms with Crippen molar-refractivity contribution in [2.24, 2.45) is 5.41 Å². The van der Waals surface area contributed by atoms with Crippen molar-refractivity contribution in [1.82, 2.24) is 0 Å². The summed E-state index contributed by atoms with van der Waals surface area (Å²) in [6, 6.07) is 13.8. The third-order valence-electron chi connectivity index (χ3n) is 5.46. The molecule has 0 aromatic heterocycles. The topological polar surface area (TPSA) is 37.4 Å². The van der Waals surface area contributed by atoms with Crippen LogP contribution in [0.25, 0.3) is 0 Å². The Morgan fingerprint density at radius 3 is 2.54 bits per heavy atom. The first kappa shape index (κ1) is 19.1. The molecule has 0 saturated carbocycles. The molecular weight excluding hydrogens is 421 g/mol. The quantitative estimate of drug-likeness (QED) is 0.594. The van der Waals surface area contributed by atoms with Gasteiger partial charge in [0, 0.05) is 40.2 Å². The van der Waals surface area contributed by atoms with Gasteiger partial charge in [-0.25, -0.2) is 4.39 Å². The molecule has 4 rings (SSSR count). The van der Waals surface area contributed by atoms with Crippen molar-refractivity contribution >= 4 is 33.3 Å². The minimum absolute atomic E-state index is 0.0491. The molecular formula is C23H21BrFNO2. The van der Waals surface area contributed by atoms with Crippen molar-refractivity contribution in [1.29, 1.82) is 0 Å². The van der Waals surface area contributed by atoms with E-state index in [0.717, 1.165) is 15.9 Å². The molecule has 0 spiro atoms. The number of anilines is 1. The van der Waals surface area contributed by atoms with Gasteiger partial charge in [-0.2, -0.15) is 0 Å². The Hall–Kier alpha value is -2.27. The zero-order valence-electron chi connectivity index (χ0n) is 15.8. The van der Waals surface area contributed by atoms with E-state index in [-0.39, 0.29) is 29.3 Å². The number of hydrogen-bond acceptors (Lipinski definition) is 2. The molecule has 1 amide bonds. The molecule has 1 aliphatic carbocycles. The molecule has 1 heterocycles. The number of amides is 1. The number of nitrogens with zero attached hydrogens (tertiary/aromatic N) is 1. The molecule has 5 heteroatoms. The largest absolute Gasteiger partial charge is 0.294 e. The number of rotatable bonds is 2. The van der Waals surface area contributed by atoms with Crippen molar-refractivity contribution in [3.05, 3.63) is 75.7 Å². The summed E-state index contributed by atoms with van der Waals surface area (Å²) in [5, 5.41) is 0. The van der Waals surface area contributed by atoms with Gasteiger partial charge >= 0.3 is 0 Å². The first-order valence-electron chi connectivity index (χ1n) is 9.35. The maximum Gasteiger partial charge on any atom is 0.232 e. The summed E-state index contributed by atoms with van der Waals surface area (Å²) in [6.45, 7) is 4.09. The van der Waals surface area contributed by atoms with E-state index >= 15 is 0 Å². The average Bonchev–Trinajstić information content (AvgIpc) is 2.59. The molecule has 0 radical (unpaired) electrons. The third kappa shape index (κ3) is 3.44. The van der Waals surface area contributed by atoms with E-state index in [1.165, 1.54) is 12.1 Å². The molecule has 2 aromatic rings. The van der Waals surface area contributed by atoms with Gasteiger partial charge in [-0.15, -0.1) is 0 Å². The van der Waals surface area contributed by atoms with Crippen LogP contribution in [-0.2, 0) is 9.59 Å². The first-order valence-corrected chi connectivity index (χ1v) is 10.1. The van der Waals surface area contributed by atoms with Crippen molar-refractivity contribution in [3.63, 3.8) is 0 Å². The van der Waals surface area contributed by atoms with E-state index in [1.807, 2.05) is 38.1 Å². The maximum absolute atomic E-state index is 13.8. The summed E-state index contributed by atoms with van der Waals surface area (Å²) >= 11 is 3.46.